The highest BCUT2D eigenvalue weighted by Crippen LogP contribution is 2.36. The normalized spacial score (nSPS) is 17.3. The second-order valence-electron chi connectivity index (χ2n) is 13.2. The number of unbranched alkanes of at least 4 members (excludes halogenated alkanes) is 4. The van der Waals surface area contributed by atoms with E-state index in [2.05, 4.69) is 116 Å². The summed E-state index contributed by atoms with van der Waals surface area (Å²) in [5, 5.41) is 0. The van der Waals surface area contributed by atoms with E-state index >= 15 is 0 Å². The number of hydrogen-bond acceptors (Lipinski definition) is 7. The van der Waals surface area contributed by atoms with Crippen LogP contribution in [0.25, 0.3) is 0 Å². The molecule has 1 aliphatic heterocycles. The van der Waals surface area contributed by atoms with Gasteiger partial charge in [-0.2, -0.15) is 0 Å². The molecule has 0 amide bonds. The number of esters is 2. The Hall–Kier alpha value is -3.33. The molecule has 1 aliphatic rings. The van der Waals surface area contributed by atoms with Crippen molar-refractivity contribution in [3.8, 4) is 0 Å². The molecule has 2 N–H and O–H groups in total. The fourth-order valence-corrected chi connectivity index (χ4v) is 5.50. The van der Waals surface area contributed by atoms with E-state index in [9.17, 15) is 14.2 Å². The highest BCUT2D eigenvalue weighted by atomic mass is 31.2. The fraction of sp³-hybridized carbons (Fsp3) is 0.556. The molecule has 0 bridgehead atoms. The number of phosphoric ester groups is 1. The summed E-state index contributed by atoms with van der Waals surface area (Å²) in [6.07, 6.45) is 52.9. The summed E-state index contributed by atoms with van der Waals surface area (Å²) in [5.41, 5.74) is 0. The minimum absolute atomic E-state index is 0.126. The average Bonchev–Trinajstić information content (AvgIpc) is 3.91. The molecule has 0 radical (unpaired) electrons. The molecular formula is C45H69O9P. The van der Waals surface area contributed by atoms with Crippen LogP contribution in [0.4, 0.5) is 0 Å². The van der Waals surface area contributed by atoms with E-state index in [1.165, 1.54) is 0 Å². The highest BCUT2D eigenvalue weighted by molar-refractivity contribution is 7.46. The van der Waals surface area contributed by atoms with Crippen LogP contribution in [0.2, 0.25) is 0 Å². The summed E-state index contributed by atoms with van der Waals surface area (Å²) < 4.78 is 31.9. The maximum atomic E-state index is 12.4. The number of rotatable bonds is 34. The molecule has 0 spiro atoms. The Morgan fingerprint density at radius 3 is 1.56 bits per heavy atom. The molecule has 1 rings (SSSR count). The van der Waals surface area contributed by atoms with Gasteiger partial charge in [0.25, 0.3) is 0 Å². The zero-order chi connectivity index (χ0) is 40.1. The van der Waals surface area contributed by atoms with E-state index in [1.54, 1.807) is 0 Å². The summed E-state index contributed by atoms with van der Waals surface area (Å²) in [5.74, 6) is -1.03. The monoisotopic (exact) mass is 784 g/mol. The number of epoxide rings is 1. The molecular weight excluding hydrogens is 715 g/mol. The van der Waals surface area contributed by atoms with Crippen LogP contribution in [0.15, 0.2) is 109 Å². The third kappa shape index (κ3) is 34.9. The number of phosphoric acid groups is 1. The van der Waals surface area contributed by atoms with Gasteiger partial charge < -0.3 is 24.0 Å². The maximum absolute atomic E-state index is 12.4. The van der Waals surface area contributed by atoms with Crippen LogP contribution >= 0.6 is 7.82 Å². The van der Waals surface area contributed by atoms with Gasteiger partial charge in [0, 0.05) is 12.8 Å². The van der Waals surface area contributed by atoms with E-state index in [0.29, 0.717) is 25.0 Å². The third-order valence-corrected chi connectivity index (χ3v) is 8.69. The van der Waals surface area contributed by atoms with Crippen molar-refractivity contribution in [1.29, 1.82) is 0 Å². The van der Waals surface area contributed by atoms with Gasteiger partial charge in [-0.1, -0.05) is 136 Å². The van der Waals surface area contributed by atoms with Crippen LogP contribution < -0.4 is 0 Å². The number of carbonyl (C=O) groups excluding carboxylic acids is 2. The van der Waals surface area contributed by atoms with Gasteiger partial charge in [-0.25, -0.2) is 4.57 Å². The Labute approximate surface area is 331 Å². The van der Waals surface area contributed by atoms with E-state index < -0.39 is 32.5 Å². The number of hydrogen-bond donors (Lipinski definition) is 2. The first kappa shape index (κ1) is 49.7. The molecule has 55 heavy (non-hydrogen) atoms. The van der Waals surface area contributed by atoms with E-state index in [-0.39, 0.29) is 19.4 Å². The molecule has 9 nitrogen and oxygen atoms in total. The van der Waals surface area contributed by atoms with Gasteiger partial charge in [0.2, 0.25) is 0 Å². The van der Waals surface area contributed by atoms with Crippen LogP contribution in [0.5, 0.6) is 0 Å². The highest BCUT2D eigenvalue weighted by Gasteiger charge is 2.35. The van der Waals surface area contributed by atoms with Crippen molar-refractivity contribution >= 4 is 19.8 Å². The minimum atomic E-state index is -4.79. The molecule has 10 heteroatoms. The summed E-state index contributed by atoms with van der Waals surface area (Å²) in [6, 6.07) is 0. The van der Waals surface area contributed by atoms with Crippen LogP contribution in [-0.2, 0) is 32.9 Å². The Balaban J connectivity index is 2.15. The molecule has 1 saturated heterocycles. The van der Waals surface area contributed by atoms with Crippen molar-refractivity contribution in [1.82, 2.24) is 0 Å². The van der Waals surface area contributed by atoms with Gasteiger partial charge in [0.05, 0.1) is 18.8 Å². The van der Waals surface area contributed by atoms with Crippen molar-refractivity contribution in [2.45, 2.75) is 148 Å². The van der Waals surface area contributed by atoms with Crippen molar-refractivity contribution in [2.24, 2.45) is 0 Å². The van der Waals surface area contributed by atoms with Gasteiger partial charge in [-0.3, -0.25) is 14.1 Å². The van der Waals surface area contributed by atoms with Gasteiger partial charge in [0.15, 0.2) is 6.10 Å². The predicted octanol–water partition coefficient (Wildman–Crippen LogP) is 11.4. The Morgan fingerprint density at radius 2 is 1.02 bits per heavy atom. The topological polar surface area (TPSA) is 132 Å². The van der Waals surface area contributed by atoms with Crippen LogP contribution in [0.3, 0.4) is 0 Å². The predicted molar refractivity (Wildman–Crippen MR) is 224 cm³/mol. The first-order valence-electron chi connectivity index (χ1n) is 20.3. The van der Waals surface area contributed by atoms with Crippen LogP contribution in [0.1, 0.15) is 129 Å². The number of ether oxygens (including phenoxy) is 3. The Bertz CT molecular complexity index is 1320. The quantitative estimate of drug-likeness (QED) is 0.0215. The second-order valence-corrected chi connectivity index (χ2v) is 14.5. The van der Waals surface area contributed by atoms with Crippen LogP contribution in [0, 0.1) is 0 Å². The summed E-state index contributed by atoms with van der Waals surface area (Å²) >= 11 is 0. The lowest BCUT2D eigenvalue weighted by Gasteiger charge is -2.18. The molecule has 0 aromatic rings. The molecule has 308 valence electrons. The van der Waals surface area contributed by atoms with E-state index in [4.69, 9.17) is 24.0 Å². The van der Waals surface area contributed by atoms with E-state index in [0.717, 1.165) is 89.9 Å². The SMILES string of the molecule is CC/C=C\C/C=C\C/C=C\C/C=C\CCCCCCC(=O)O[C@H](COC(=O)CC/C=C\C/C=C\C/C=C\C/C=C\CC1OC1C/C=C\CC)COP(=O)(O)O. The molecule has 0 aromatic carbocycles. The third-order valence-electron chi connectivity index (χ3n) is 8.20. The fourth-order valence-electron chi connectivity index (χ4n) is 5.14. The largest absolute Gasteiger partial charge is 0.469 e. The Morgan fingerprint density at radius 1 is 0.564 bits per heavy atom. The lowest BCUT2D eigenvalue weighted by atomic mass is 10.1. The van der Waals surface area contributed by atoms with Crippen molar-refractivity contribution in [3.63, 3.8) is 0 Å². The van der Waals surface area contributed by atoms with Gasteiger partial charge in [-0.05, 0) is 89.9 Å². The maximum Gasteiger partial charge on any atom is 0.469 e. The van der Waals surface area contributed by atoms with Gasteiger partial charge in [-0.15, -0.1) is 0 Å². The molecule has 1 heterocycles. The molecule has 0 aliphatic carbocycles. The van der Waals surface area contributed by atoms with Gasteiger partial charge >= 0.3 is 19.8 Å². The van der Waals surface area contributed by atoms with Crippen molar-refractivity contribution in [3.05, 3.63) is 109 Å². The lowest BCUT2D eigenvalue weighted by Crippen LogP contribution is -2.29. The van der Waals surface area contributed by atoms with Crippen LogP contribution in [-0.4, -0.2) is 53.3 Å². The van der Waals surface area contributed by atoms with Crippen molar-refractivity contribution in [2.75, 3.05) is 13.2 Å². The average molecular weight is 785 g/mol. The zero-order valence-corrected chi connectivity index (χ0v) is 34.4. The molecule has 0 saturated carbocycles. The summed E-state index contributed by atoms with van der Waals surface area (Å²) in [6.45, 7) is 3.34. The number of allylic oxidation sites excluding steroid dienone is 16. The summed E-state index contributed by atoms with van der Waals surface area (Å²) in [4.78, 5) is 42.8. The Kier molecular flexibility index (Phi) is 31.7. The number of carbonyl (C=O) groups is 2. The zero-order valence-electron chi connectivity index (χ0n) is 33.5. The second kappa shape index (κ2) is 35.1. The van der Waals surface area contributed by atoms with Crippen molar-refractivity contribution < 1.29 is 42.7 Å². The van der Waals surface area contributed by atoms with E-state index in [1.807, 2.05) is 12.2 Å². The molecule has 2 unspecified atom stereocenters. The smallest absolute Gasteiger partial charge is 0.462 e. The molecule has 3 atom stereocenters. The first-order valence-corrected chi connectivity index (χ1v) is 21.8. The molecule has 1 fully saturated rings. The lowest BCUT2D eigenvalue weighted by molar-refractivity contribution is -0.161. The van der Waals surface area contributed by atoms with Gasteiger partial charge in [0.1, 0.15) is 6.61 Å². The standard InChI is InChI=1S/C45H69O9P/c1-3-5-7-8-9-10-11-12-13-14-15-16-21-24-27-30-34-38-45(47)53-41(40-52-55(48,49)50)39-51-44(46)37-33-29-26-23-20-18-17-19-22-25-28-32-36-43-42(54-43)35-31-6-4-2/h5-7,9-10,12-13,15-16,18-20,22,26,28-29,31-32,41-43H,3-4,8,11,14,17,21,23-25,27,30,33-40H2,1-2H3,(H2,48,49,50)/b7-5-,10-9-,13-12-,16-15-,20-18-,22-19-,29-26-,31-6-,32-28-/t41-,42?,43?/m1/s1. The molecule has 0 aromatic heterocycles. The minimum Gasteiger partial charge on any atom is -0.462 e. The first-order chi connectivity index (χ1) is 26.7. The summed E-state index contributed by atoms with van der Waals surface area (Å²) in [7, 11) is -4.79.